The molecule has 0 aromatic carbocycles. The molecule has 0 radical (unpaired) electrons. The summed E-state index contributed by atoms with van der Waals surface area (Å²) in [7, 11) is 0. The third-order valence-electron chi connectivity index (χ3n) is 4.79. The fourth-order valence-electron chi connectivity index (χ4n) is 3.38. The van der Waals surface area contributed by atoms with Gasteiger partial charge in [-0.1, -0.05) is 0 Å². The minimum atomic E-state index is -1.04. The number of nitrogens with one attached hydrogen (secondary N) is 1. The Morgan fingerprint density at radius 2 is 1.88 bits per heavy atom. The van der Waals surface area contributed by atoms with Crippen molar-refractivity contribution in [1.82, 2.24) is 30.4 Å². The van der Waals surface area contributed by atoms with Gasteiger partial charge < -0.3 is 23.5 Å². The van der Waals surface area contributed by atoms with Crippen molar-refractivity contribution in [3.05, 3.63) is 66.2 Å². The van der Waals surface area contributed by atoms with Crippen molar-refractivity contribution < 1.29 is 22.8 Å². The first-order valence-corrected chi connectivity index (χ1v) is 10.7. The van der Waals surface area contributed by atoms with Crippen molar-refractivity contribution >= 4 is 11.8 Å². The molecular formula is C23H26N6O5. The predicted molar refractivity (Wildman–Crippen MR) is 119 cm³/mol. The van der Waals surface area contributed by atoms with Gasteiger partial charge in [0.25, 0.3) is 5.91 Å². The van der Waals surface area contributed by atoms with Crippen LogP contribution in [0.3, 0.4) is 0 Å². The van der Waals surface area contributed by atoms with E-state index >= 15 is 0 Å². The Morgan fingerprint density at radius 3 is 2.50 bits per heavy atom. The van der Waals surface area contributed by atoms with Crippen LogP contribution in [0, 0.1) is 6.92 Å². The van der Waals surface area contributed by atoms with Crippen molar-refractivity contribution in [1.29, 1.82) is 0 Å². The summed E-state index contributed by atoms with van der Waals surface area (Å²) in [4.78, 5) is 29.4. The van der Waals surface area contributed by atoms with Gasteiger partial charge in [-0.3, -0.25) is 9.59 Å². The lowest BCUT2D eigenvalue weighted by Crippen LogP contribution is -2.49. The van der Waals surface area contributed by atoms with Gasteiger partial charge in [-0.25, -0.2) is 0 Å². The third-order valence-corrected chi connectivity index (χ3v) is 4.79. The number of furan rings is 3. The van der Waals surface area contributed by atoms with Crippen LogP contribution >= 0.6 is 0 Å². The summed E-state index contributed by atoms with van der Waals surface area (Å²) in [5.74, 6) is 1.42. The van der Waals surface area contributed by atoms with Gasteiger partial charge in [0.15, 0.2) is 11.8 Å². The molecule has 11 nitrogen and oxygen atoms in total. The summed E-state index contributed by atoms with van der Waals surface area (Å²) < 4.78 is 16.5. The van der Waals surface area contributed by atoms with Crippen LogP contribution in [-0.2, 0) is 22.7 Å². The number of aromatic nitrogens is 4. The molecule has 4 rings (SSSR count). The second-order valence-electron chi connectivity index (χ2n) is 8.81. The first-order chi connectivity index (χ1) is 16.2. The Labute approximate surface area is 195 Å². The number of tetrazole rings is 1. The quantitative estimate of drug-likeness (QED) is 0.419. The van der Waals surface area contributed by atoms with Gasteiger partial charge in [0.1, 0.15) is 23.8 Å². The maximum Gasteiger partial charge on any atom is 0.251 e. The van der Waals surface area contributed by atoms with E-state index in [0.29, 0.717) is 23.0 Å². The number of hydrogen-bond donors (Lipinski definition) is 1. The Balaban J connectivity index is 1.63. The van der Waals surface area contributed by atoms with Gasteiger partial charge in [0, 0.05) is 5.54 Å². The third kappa shape index (κ3) is 5.42. The average molecular weight is 466 g/mol. The number of aryl methyl sites for hydroxylation is 1. The van der Waals surface area contributed by atoms with Crippen LogP contribution in [0.2, 0.25) is 0 Å². The van der Waals surface area contributed by atoms with Gasteiger partial charge in [-0.15, -0.1) is 10.2 Å². The Kier molecular flexibility index (Phi) is 6.35. The van der Waals surface area contributed by atoms with Gasteiger partial charge in [-0.2, -0.15) is 4.80 Å². The molecule has 34 heavy (non-hydrogen) atoms. The fourth-order valence-corrected chi connectivity index (χ4v) is 3.38. The van der Waals surface area contributed by atoms with Gasteiger partial charge in [0.2, 0.25) is 11.7 Å². The number of carbonyl (C=O) groups is 2. The first-order valence-electron chi connectivity index (χ1n) is 10.7. The smallest absolute Gasteiger partial charge is 0.251 e. The highest BCUT2D eigenvalue weighted by molar-refractivity contribution is 5.88. The van der Waals surface area contributed by atoms with E-state index in [9.17, 15) is 9.59 Å². The molecule has 178 valence electrons. The zero-order valence-corrected chi connectivity index (χ0v) is 19.4. The molecule has 0 spiro atoms. The van der Waals surface area contributed by atoms with E-state index in [1.807, 2.05) is 20.8 Å². The molecule has 0 aliphatic carbocycles. The molecule has 0 aliphatic rings. The highest BCUT2D eigenvalue weighted by atomic mass is 16.3. The molecule has 0 aliphatic heterocycles. The monoisotopic (exact) mass is 466 g/mol. The van der Waals surface area contributed by atoms with Crippen LogP contribution in [0.1, 0.15) is 44.1 Å². The van der Waals surface area contributed by atoms with E-state index < -0.39 is 17.5 Å². The van der Waals surface area contributed by atoms with E-state index in [2.05, 4.69) is 20.7 Å². The van der Waals surface area contributed by atoms with E-state index in [0.717, 1.165) is 4.80 Å². The van der Waals surface area contributed by atoms with E-state index in [1.165, 1.54) is 17.4 Å². The van der Waals surface area contributed by atoms with Crippen molar-refractivity contribution in [3.8, 4) is 11.6 Å². The molecule has 4 heterocycles. The number of carbonyl (C=O) groups excluding carboxylic acids is 2. The molecule has 0 unspecified atom stereocenters. The maximum atomic E-state index is 13.5. The molecule has 0 saturated carbocycles. The summed E-state index contributed by atoms with van der Waals surface area (Å²) in [5, 5.41) is 15.1. The number of nitrogens with zero attached hydrogens (tertiary/aromatic N) is 5. The SMILES string of the molecule is Cc1ccc(-c2nnn(CC(=O)N(Cc3ccco3)[C@@H](C(=O)NC(C)(C)C)c3ccco3)n2)o1. The van der Waals surface area contributed by atoms with Crippen LogP contribution in [0.15, 0.2) is 62.2 Å². The Hall–Kier alpha value is -4.15. The van der Waals surface area contributed by atoms with Crippen molar-refractivity contribution in [2.75, 3.05) is 0 Å². The lowest BCUT2D eigenvalue weighted by molar-refractivity contribution is -0.144. The zero-order chi connectivity index (χ0) is 24.3. The predicted octanol–water partition coefficient (Wildman–Crippen LogP) is 3.11. The molecule has 2 amide bonds. The topological polar surface area (TPSA) is 132 Å². The fraction of sp³-hybridized carbons (Fsp3) is 0.348. The normalized spacial score (nSPS) is 12.5. The van der Waals surface area contributed by atoms with Crippen molar-refractivity contribution in [2.45, 2.75) is 52.4 Å². The van der Waals surface area contributed by atoms with Crippen molar-refractivity contribution in [3.63, 3.8) is 0 Å². The number of hydrogen-bond acceptors (Lipinski definition) is 8. The van der Waals surface area contributed by atoms with Crippen LogP contribution in [0.5, 0.6) is 0 Å². The lowest BCUT2D eigenvalue weighted by Gasteiger charge is -2.31. The Morgan fingerprint density at radius 1 is 1.12 bits per heavy atom. The van der Waals surface area contributed by atoms with Gasteiger partial charge in [-0.05, 0) is 69.3 Å². The standard InChI is InChI=1S/C23H26N6O5/c1-15-9-10-18(34-15)21-25-27-29(26-21)14-19(30)28(13-16-7-5-11-32-16)20(17-8-6-12-33-17)22(31)24-23(2,3)4/h5-12,20H,13-14H2,1-4H3,(H,24,31)/t20-/m1/s1. The second kappa shape index (κ2) is 9.38. The highest BCUT2D eigenvalue weighted by Crippen LogP contribution is 2.26. The Bertz CT molecular complexity index is 1230. The molecule has 0 saturated heterocycles. The average Bonchev–Trinajstić information content (AvgIpc) is 3.55. The van der Waals surface area contributed by atoms with E-state index in [1.54, 1.807) is 43.3 Å². The van der Waals surface area contributed by atoms with Crippen LogP contribution in [0.25, 0.3) is 11.6 Å². The first kappa shape index (κ1) is 23.0. The number of rotatable bonds is 8. The second-order valence-corrected chi connectivity index (χ2v) is 8.81. The van der Waals surface area contributed by atoms with Gasteiger partial charge in [0.05, 0.1) is 19.1 Å². The van der Waals surface area contributed by atoms with E-state index in [-0.39, 0.29) is 24.8 Å². The summed E-state index contributed by atoms with van der Waals surface area (Å²) >= 11 is 0. The minimum absolute atomic E-state index is 0.0354. The van der Waals surface area contributed by atoms with Crippen LogP contribution in [-0.4, -0.2) is 42.5 Å². The molecule has 1 N–H and O–H groups in total. The maximum absolute atomic E-state index is 13.5. The molecule has 4 aromatic rings. The minimum Gasteiger partial charge on any atom is -0.467 e. The van der Waals surface area contributed by atoms with Crippen LogP contribution in [0.4, 0.5) is 0 Å². The molecular weight excluding hydrogens is 440 g/mol. The van der Waals surface area contributed by atoms with Crippen molar-refractivity contribution in [2.24, 2.45) is 0 Å². The molecule has 0 bridgehead atoms. The summed E-state index contributed by atoms with van der Waals surface area (Å²) in [6.07, 6.45) is 2.96. The summed E-state index contributed by atoms with van der Waals surface area (Å²) in [6.45, 7) is 7.17. The van der Waals surface area contributed by atoms with Crippen LogP contribution < -0.4 is 5.32 Å². The van der Waals surface area contributed by atoms with Gasteiger partial charge >= 0.3 is 0 Å². The molecule has 4 aromatic heterocycles. The lowest BCUT2D eigenvalue weighted by atomic mass is 10.1. The summed E-state index contributed by atoms with van der Waals surface area (Å²) in [5.41, 5.74) is -0.523. The zero-order valence-electron chi connectivity index (χ0n) is 19.4. The largest absolute Gasteiger partial charge is 0.467 e. The molecule has 0 fully saturated rings. The highest BCUT2D eigenvalue weighted by Gasteiger charge is 2.36. The van der Waals surface area contributed by atoms with E-state index in [4.69, 9.17) is 13.3 Å². The summed E-state index contributed by atoms with van der Waals surface area (Å²) in [6, 6.07) is 9.24. The molecule has 1 atom stereocenters. The molecule has 11 heteroatoms. The number of amides is 2.